The third kappa shape index (κ3) is 7.74. The first-order chi connectivity index (χ1) is 16.5. The van der Waals surface area contributed by atoms with Crippen LogP contribution in [0.3, 0.4) is 0 Å². The van der Waals surface area contributed by atoms with Crippen molar-refractivity contribution >= 4 is 52.2 Å². The van der Waals surface area contributed by atoms with Crippen molar-refractivity contribution in [1.29, 1.82) is 0 Å². The molecule has 176 valence electrons. The van der Waals surface area contributed by atoms with Gasteiger partial charge in [0.15, 0.2) is 11.5 Å². The first kappa shape index (κ1) is 25.5. The summed E-state index contributed by atoms with van der Waals surface area (Å²) in [6.07, 6.45) is 1.49. The lowest BCUT2D eigenvalue weighted by molar-refractivity contribution is -0.120. The fraction of sp³-hybridized carbons (Fsp3) is 0.160. The maximum absolute atomic E-state index is 12.2. The van der Waals surface area contributed by atoms with E-state index in [2.05, 4.69) is 38.4 Å². The number of hydrogen-bond donors (Lipinski definition) is 2. The van der Waals surface area contributed by atoms with Crippen molar-refractivity contribution in [2.24, 2.45) is 5.10 Å². The lowest BCUT2D eigenvalue weighted by Gasteiger charge is -2.12. The van der Waals surface area contributed by atoms with E-state index in [0.717, 1.165) is 9.13 Å². The summed E-state index contributed by atoms with van der Waals surface area (Å²) < 4.78 is 12.4. The first-order valence-corrected chi connectivity index (χ1v) is 11.9. The number of rotatable bonds is 10. The number of halogens is 2. The Balaban J connectivity index is 1.53. The van der Waals surface area contributed by atoms with Crippen LogP contribution in [-0.2, 0) is 11.4 Å². The van der Waals surface area contributed by atoms with Crippen LogP contribution in [0.25, 0.3) is 0 Å². The van der Waals surface area contributed by atoms with Gasteiger partial charge in [0, 0.05) is 8.59 Å². The fourth-order valence-electron chi connectivity index (χ4n) is 2.85. The molecule has 0 radical (unpaired) electrons. The molecule has 9 heteroatoms. The quantitative estimate of drug-likeness (QED) is 0.201. The van der Waals surface area contributed by atoms with E-state index in [1.807, 2.05) is 43.3 Å². The van der Waals surface area contributed by atoms with Crippen molar-refractivity contribution in [3.8, 4) is 11.5 Å². The van der Waals surface area contributed by atoms with Crippen LogP contribution < -0.4 is 20.2 Å². The van der Waals surface area contributed by atoms with Crippen LogP contribution >= 0.6 is 34.2 Å². The molecule has 0 aliphatic heterocycles. The minimum atomic E-state index is -0.441. The van der Waals surface area contributed by atoms with E-state index in [9.17, 15) is 9.59 Å². The molecule has 0 aliphatic carbocycles. The summed E-state index contributed by atoms with van der Waals surface area (Å²) in [5.74, 6) is 0.399. The third-order valence-corrected chi connectivity index (χ3v) is 5.70. The predicted molar refractivity (Wildman–Crippen MR) is 141 cm³/mol. The average molecular weight is 592 g/mol. The normalized spacial score (nSPS) is 10.7. The molecule has 7 nitrogen and oxygen atoms in total. The largest absolute Gasteiger partial charge is 0.490 e. The smallest absolute Gasteiger partial charge is 0.259 e. The number of nitrogens with zero attached hydrogens (tertiary/aromatic N) is 1. The molecule has 0 heterocycles. The van der Waals surface area contributed by atoms with Gasteiger partial charge in [0.05, 0.1) is 24.9 Å². The zero-order chi connectivity index (χ0) is 24.3. The molecule has 0 fully saturated rings. The molecule has 0 spiro atoms. The maximum Gasteiger partial charge on any atom is 0.259 e. The van der Waals surface area contributed by atoms with E-state index in [4.69, 9.17) is 21.1 Å². The minimum Gasteiger partial charge on any atom is -0.490 e. The van der Waals surface area contributed by atoms with Crippen molar-refractivity contribution in [3.63, 3.8) is 0 Å². The van der Waals surface area contributed by atoms with Gasteiger partial charge in [-0.05, 0) is 83.1 Å². The van der Waals surface area contributed by atoms with Crippen LogP contribution in [0.4, 0.5) is 0 Å². The number of amides is 2. The van der Waals surface area contributed by atoms with E-state index in [-0.39, 0.29) is 12.5 Å². The summed E-state index contributed by atoms with van der Waals surface area (Å²) in [4.78, 5) is 24.2. The van der Waals surface area contributed by atoms with Crippen molar-refractivity contribution in [2.75, 3.05) is 13.2 Å². The molecule has 0 saturated carbocycles. The lowest BCUT2D eigenvalue weighted by Crippen LogP contribution is -2.35. The molecule has 0 bridgehead atoms. The van der Waals surface area contributed by atoms with Crippen LogP contribution in [0, 0.1) is 3.57 Å². The van der Waals surface area contributed by atoms with Gasteiger partial charge in [-0.15, -0.1) is 0 Å². The Morgan fingerprint density at radius 2 is 1.79 bits per heavy atom. The highest BCUT2D eigenvalue weighted by Gasteiger charge is 2.10. The second-order valence-electron chi connectivity index (χ2n) is 7.01. The number of ether oxygens (including phenoxy) is 2. The standard InChI is InChI=1S/C25H23ClIN3O4/c1-2-33-23-13-18(9-12-22(23)34-16-17-7-10-19(26)11-8-17)14-29-30-24(31)15-28-25(32)20-5-3-4-6-21(20)27/h3-14H,2,15-16H2,1H3,(H,28,32)(H,30,31)/b29-14+. The number of hydrazone groups is 1. The lowest BCUT2D eigenvalue weighted by atomic mass is 10.2. The van der Waals surface area contributed by atoms with Gasteiger partial charge in [-0.25, -0.2) is 5.43 Å². The maximum atomic E-state index is 12.2. The van der Waals surface area contributed by atoms with E-state index in [1.54, 1.807) is 30.3 Å². The summed E-state index contributed by atoms with van der Waals surface area (Å²) in [5.41, 5.74) is 4.61. The second kappa shape index (κ2) is 13.0. The molecule has 3 aromatic carbocycles. The highest BCUT2D eigenvalue weighted by Crippen LogP contribution is 2.29. The molecule has 0 atom stereocenters. The Labute approximate surface area is 216 Å². The first-order valence-electron chi connectivity index (χ1n) is 10.4. The number of nitrogens with one attached hydrogen (secondary N) is 2. The molecular weight excluding hydrogens is 569 g/mol. The Morgan fingerprint density at radius 1 is 1.03 bits per heavy atom. The van der Waals surface area contributed by atoms with Gasteiger partial charge in [0.2, 0.25) is 0 Å². The SMILES string of the molecule is CCOc1cc(/C=N/NC(=O)CNC(=O)c2ccccc2I)ccc1OCc1ccc(Cl)cc1. The Morgan fingerprint density at radius 3 is 2.53 bits per heavy atom. The van der Waals surface area contributed by atoms with Gasteiger partial charge in [0.25, 0.3) is 11.8 Å². The van der Waals surface area contributed by atoms with Crippen LogP contribution in [0.1, 0.15) is 28.4 Å². The molecule has 2 amide bonds. The number of carbonyl (C=O) groups excluding carboxylic acids is 2. The van der Waals surface area contributed by atoms with E-state index >= 15 is 0 Å². The van der Waals surface area contributed by atoms with E-state index < -0.39 is 5.91 Å². The monoisotopic (exact) mass is 591 g/mol. The van der Waals surface area contributed by atoms with E-state index in [0.29, 0.717) is 40.9 Å². The third-order valence-electron chi connectivity index (χ3n) is 4.51. The molecule has 0 unspecified atom stereocenters. The van der Waals surface area contributed by atoms with Crippen molar-refractivity contribution in [3.05, 3.63) is 92.0 Å². The summed E-state index contributed by atoms with van der Waals surface area (Å²) in [6, 6.07) is 19.9. The molecular formula is C25H23ClIN3O4. The van der Waals surface area contributed by atoms with Crippen LogP contribution in [0.5, 0.6) is 11.5 Å². The fourth-order valence-corrected chi connectivity index (χ4v) is 3.61. The number of benzene rings is 3. The molecule has 2 N–H and O–H groups in total. The van der Waals surface area contributed by atoms with Gasteiger partial charge in [-0.2, -0.15) is 5.10 Å². The van der Waals surface area contributed by atoms with Gasteiger partial charge in [-0.3, -0.25) is 9.59 Å². The van der Waals surface area contributed by atoms with Crippen molar-refractivity contribution in [2.45, 2.75) is 13.5 Å². The predicted octanol–water partition coefficient (Wildman–Crippen LogP) is 4.80. The van der Waals surface area contributed by atoms with Gasteiger partial charge < -0.3 is 14.8 Å². The summed E-state index contributed by atoms with van der Waals surface area (Å²) in [5, 5.41) is 7.20. The highest BCUT2D eigenvalue weighted by atomic mass is 127. The number of carbonyl (C=O) groups is 2. The Kier molecular flexibility index (Phi) is 9.72. The molecule has 0 saturated heterocycles. The second-order valence-corrected chi connectivity index (χ2v) is 8.61. The molecule has 34 heavy (non-hydrogen) atoms. The van der Waals surface area contributed by atoms with Crippen LogP contribution in [-0.4, -0.2) is 31.2 Å². The molecule has 0 aromatic heterocycles. The topological polar surface area (TPSA) is 89.0 Å². The summed E-state index contributed by atoms with van der Waals surface area (Å²) in [7, 11) is 0. The summed E-state index contributed by atoms with van der Waals surface area (Å²) in [6.45, 7) is 2.53. The van der Waals surface area contributed by atoms with Crippen LogP contribution in [0.15, 0.2) is 71.8 Å². The molecule has 3 rings (SSSR count). The zero-order valence-corrected chi connectivity index (χ0v) is 21.3. The molecule has 3 aromatic rings. The molecule has 0 aliphatic rings. The Bertz CT molecular complexity index is 1170. The summed E-state index contributed by atoms with van der Waals surface area (Å²) >= 11 is 7.99. The van der Waals surface area contributed by atoms with Crippen molar-refractivity contribution in [1.82, 2.24) is 10.7 Å². The van der Waals surface area contributed by atoms with Gasteiger partial charge >= 0.3 is 0 Å². The Hall–Kier alpha value is -3.11. The van der Waals surface area contributed by atoms with Crippen molar-refractivity contribution < 1.29 is 19.1 Å². The average Bonchev–Trinajstić information content (AvgIpc) is 2.83. The zero-order valence-electron chi connectivity index (χ0n) is 18.4. The number of hydrogen-bond acceptors (Lipinski definition) is 5. The minimum absolute atomic E-state index is 0.192. The van der Waals surface area contributed by atoms with Gasteiger partial charge in [0.1, 0.15) is 6.61 Å². The van der Waals surface area contributed by atoms with Gasteiger partial charge in [-0.1, -0.05) is 35.9 Å². The van der Waals surface area contributed by atoms with Crippen LogP contribution in [0.2, 0.25) is 5.02 Å². The van der Waals surface area contributed by atoms with E-state index in [1.165, 1.54) is 6.21 Å². The highest BCUT2D eigenvalue weighted by molar-refractivity contribution is 14.1.